The monoisotopic (exact) mass is 492 g/mol. The number of ether oxygens (including phenoxy) is 1. The second-order valence-electron chi connectivity index (χ2n) is 5.87. The molecule has 150 valence electrons. The molecule has 29 heavy (non-hydrogen) atoms. The highest BCUT2D eigenvalue weighted by atomic mass is 79.9. The fourth-order valence-electron chi connectivity index (χ4n) is 2.63. The summed E-state index contributed by atoms with van der Waals surface area (Å²) in [5.41, 5.74) is 1.38. The molecule has 1 heterocycles. The Morgan fingerprint density at radius 3 is 2.86 bits per heavy atom. The van der Waals surface area contributed by atoms with Crippen LogP contribution in [-0.4, -0.2) is 33.5 Å². The lowest BCUT2D eigenvalue weighted by Crippen LogP contribution is -2.15. The molecule has 6 nitrogen and oxygen atoms in total. The Bertz CT molecular complexity index is 1040. The fraction of sp³-hybridized carbons (Fsp3) is 0.150. The van der Waals surface area contributed by atoms with Crippen molar-refractivity contribution >= 4 is 50.9 Å². The molecule has 1 amide bonds. The summed E-state index contributed by atoms with van der Waals surface area (Å²) >= 11 is 10.8. The summed E-state index contributed by atoms with van der Waals surface area (Å²) in [6.07, 6.45) is 1.76. The molecule has 0 spiro atoms. The number of allylic oxidation sites excluding steroid dienone is 1. The van der Waals surface area contributed by atoms with Gasteiger partial charge in [-0.05, 0) is 30.3 Å². The molecule has 0 saturated heterocycles. The lowest BCUT2D eigenvalue weighted by Gasteiger charge is -2.11. The molecule has 3 aromatic rings. The van der Waals surface area contributed by atoms with Crippen molar-refractivity contribution in [1.82, 2.24) is 14.8 Å². The van der Waals surface area contributed by atoms with E-state index in [1.165, 1.54) is 11.8 Å². The largest absolute Gasteiger partial charge is 0.496 e. The molecule has 0 radical (unpaired) electrons. The van der Waals surface area contributed by atoms with Crippen molar-refractivity contribution in [2.75, 3.05) is 18.2 Å². The van der Waals surface area contributed by atoms with E-state index in [-0.39, 0.29) is 11.7 Å². The quantitative estimate of drug-likeness (QED) is 0.341. The van der Waals surface area contributed by atoms with Crippen LogP contribution in [0.5, 0.6) is 5.75 Å². The first-order valence-electron chi connectivity index (χ1n) is 8.58. The summed E-state index contributed by atoms with van der Waals surface area (Å²) in [5.74, 6) is 1.32. The van der Waals surface area contributed by atoms with Gasteiger partial charge in [-0.25, -0.2) is 0 Å². The Kier molecular flexibility index (Phi) is 7.35. The first-order chi connectivity index (χ1) is 14.0. The highest BCUT2D eigenvalue weighted by Crippen LogP contribution is 2.31. The third-order valence-corrected chi connectivity index (χ3v) is 5.69. The lowest BCUT2D eigenvalue weighted by molar-refractivity contribution is -0.113. The second kappa shape index (κ2) is 9.96. The van der Waals surface area contributed by atoms with Crippen molar-refractivity contribution in [1.29, 1.82) is 0 Å². The maximum Gasteiger partial charge on any atom is 0.234 e. The second-order valence-corrected chi connectivity index (χ2v) is 8.13. The number of nitrogens with one attached hydrogen (secondary N) is 1. The van der Waals surface area contributed by atoms with Crippen molar-refractivity contribution < 1.29 is 9.53 Å². The molecule has 9 heteroatoms. The van der Waals surface area contributed by atoms with Crippen LogP contribution in [0.1, 0.15) is 0 Å². The van der Waals surface area contributed by atoms with Gasteiger partial charge < -0.3 is 10.1 Å². The minimum absolute atomic E-state index is 0.160. The van der Waals surface area contributed by atoms with Gasteiger partial charge in [-0.2, -0.15) is 0 Å². The van der Waals surface area contributed by atoms with Gasteiger partial charge in [0.2, 0.25) is 5.91 Å². The van der Waals surface area contributed by atoms with Crippen LogP contribution in [0.3, 0.4) is 0 Å². The van der Waals surface area contributed by atoms with Gasteiger partial charge in [-0.1, -0.05) is 57.5 Å². The van der Waals surface area contributed by atoms with Crippen LogP contribution in [0.2, 0.25) is 5.02 Å². The molecule has 0 aliphatic rings. The first kappa shape index (κ1) is 21.4. The predicted octanol–water partition coefficient (Wildman–Crippen LogP) is 5.29. The zero-order valence-corrected chi connectivity index (χ0v) is 18.7. The number of benzene rings is 2. The molecular formula is C20H18BrClN4O2S. The van der Waals surface area contributed by atoms with E-state index in [0.29, 0.717) is 34.0 Å². The molecule has 0 bridgehead atoms. The molecule has 1 aromatic heterocycles. The number of carbonyl (C=O) groups is 1. The molecule has 0 aliphatic heterocycles. The normalized spacial score (nSPS) is 10.6. The average Bonchev–Trinajstić information content (AvgIpc) is 3.11. The number of nitrogens with zero attached hydrogens (tertiary/aromatic N) is 3. The van der Waals surface area contributed by atoms with Crippen molar-refractivity contribution in [2.45, 2.75) is 11.7 Å². The number of amides is 1. The Morgan fingerprint density at radius 1 is 1.34 bits per heavy atom. The lowest BCUT2D eigenvalue weighted by atomic mass is 10.2. The Labute approximate surface area is 186 Å². The van der Waals surface area contributed by atoms with Crippen LogP contribution in [-0.2, 0) is 11.3 Å². The van der Waals surface area contributed by atoms with Crippen LogP contribution in [0, 0.1) is 0 Å². The van der Waals surface area contributed by atoms with Crippen molar-refractivity contribution in [3.8, 4) is 17.1 Å². The third kappa shape index (κ3) is 5.20. The minimum Gasteiger partial charge on any atom is -0.496 e. The van der Waals surface area contributed by atoms with Gasteiger partial charge in [0.15, 0.2) is 11.0 Å². The topological polar surface area (TPSA) is 69.0 Å². The maximum atomic E-state index is 12.4. The minimum atomic E-state index is -0.189. The van der Waals surface area contributed by atoms with E-state index < -0.39 is 0 Å². The van der Waals surface area contributed by atoms with E-state index in [0.717, 1.165) is 10.0 Å². The van der Waals surface area contributed by atoms with E-state index in [9.17, 15) is 4.79 Å². The summed E-state index contributed by atoms with van der Waals surface area (Å²) in [4.78, 5) is 12.4. The van der Waals surface area contributed by atoms with Crippen molar-refractivity contribution in [3.63, 3.8) is 0 Å². The van der Waals surface area contributed by atoms with Crippen LogP contribution in [0.25, 0.3) is 11.4 Å². The van der Waals surface area contributed by atoms with Gasteiger partial charge in [-0.15, -0.1) is 16.8 Å². The smallest absolute Gasteiger partial charge is 0.234 e. The van der Waals surface area contributed by atoms with Crippen LogP contribution >= 0.6 is 39.3 Å². The molecule has 0 atom stereocenters. The standard InChI is InChI=1S/C20H18BrClN4O2S/c1-3-10-26-19(14-6-4-5-7-17(14)28-2)24-25-20(26)29-12-18(27)23-16-9-8-13(21)11-15(16)22/h3-9,11H,1,10,12H2,2H3,(H,23,27). The molecule has 1 N–H and O–H groups in total. The molecular weight excluding hydrogens is 476 g/mol. The molecule has 0 saturated carbocycles. The summed E-state index contributed by atoms with van der Waals surface area (Å²) in [5, 5.41) is 12.4. The number of hydrogen-bond donors (Lipinski definition) is 1. The summed E-state index contributed by atoms with van der Waals surface area (Å²) in [6.45, 7) is 4.31. The summed E-state index contributed by atoms with van der Waals surface area (Å²) in [7, 11) is 1.61. The van der Waals surface area contributed by atoms with E-state index in [1.807, 2.05) is 34.9 Å². The molecule has 2 aromatic carbocycles. The first-order valence-corrected chi connectivity index (χ1v) is 10.7. The third-order valence-electron chi connectivity index (χ3n) is 3.91. The fourth-order valence-corrected chi connectivity index (χ4v) is 4.09. The SMILES string of the molecule is C=CCn1c(SCC(=O)Nc2ccc(Br)cc2Cl)nnc1-c1ccccc1OC. The van der Waals surface area contributed by atoms with Crippen LogP contribution in [0.4, 0.5) is 5.69 Å². The average molecular weight is 494 g/mol. The zero-order chi connectivity index (χ0) is 20.8. The summed E-state index contributed by atoms with van der Waals surface area (Å²) in [6, 6.07) is 12.9. The van der Waals surface area contributed by atoms with Gasteiger partial charge in [0, 0.05) is 11.0 Å². The predicted molar refractivity (Wildman–Crippen MR) is 121 cm³/mol. The Balaban J connectivity index is 1.76. The van der Waals surface area contributed by atoms with Crippen LogP contribution < -0.4 is 10.1 Å². The highest BCUT2D eigenvalue weighted by Gasteiger charge is 2.18. The van der Waals surface area contributed by atoms with E-state index >= 15 is 0 Å². The molecule has 0 fully saturated rings. The summed E-state index contributed by atoms with van der Waals surface area (Å²) < 4.78 is 8.17. The van der Waals surface area contributed by atoms with Gasteiger partial charge in [0.1, 0.15) is 5.75 Å². The number of anilines is 1. The Morgan fingerprint density at radius 2 is 2.14 bits per heavy atom. The van der Waals surface area contributed by atoms with Gasteiger partial charge >= 0.3 is 0 Å². The maximum absolute atomic E-state index is 12.4. The highest BCUT2D eigenvalue weighted by molar-refractivity contribution is 9.10. The van der Waals surface area contributed by atoms with Gasteiger partial charge in [0.25, 0.3) is 0 Å². The number of halogens is 2. The number of aromatic nitrogens is 3. The molecule has 0 aliphatic carbocycles. The van der Waals surface area contributed by atoms with Crippen LogP contribution in [0.15, 0.2) is 64.7 Å². The zero-order valence-electron chi connectivity index (χ0n) is 15.6. The number of methoxy groups -OCH3 is 1. The molecule has 3 rings (SSSR count). The Hall–Kier alpha value is -2.29. The number of hydrogen-bond acceptors (Lipinski definition) is 5. The van der Waals surface area contributed by atoms with E-state index in [2.05, 4.69) is 38.0 Å². The van der Waals surface area contributed by atoms with E-state index in [4.69, 9.17) is 16.3 Å². The number of para-hydroxylation sites is 1. The molecule has 0 unspecified atom stereocenters. The van der Waals surface area contributed by atoms with Gasteiger partial charge in [-0.3, -0.25) is 9.36 Å². The van der Waals surface area contributed by atoms with Crippen molar-refractivity contribution in [3.05, 3.63) is 64.6 Å². The number of carbonyl (C=O) groups excluding carboxylic acids is 1. The number of thioether (sulfide) groups is 1. The van der Waals surface area contributed by atoms with Gasteiger partial charge in [0.05, 0.1) is 29.1 Å². The van der Waals surface area contributed by atoms with Crippen molar-refractivity contribution in [2.24, 2.45) is 0 Å². The number of rotatable bonds is 8. The van der Waals surface area contributed by atoms with E-state index in [1.54, 1.807) is 25.3 Å².